The standard InChI is InChI=1S/C23H26N2O5/c1-14(25-29-2)16-5-3-15(4-6-16)9-19-10-17(7-8-18(19)12-24)21-11-20(27)23(28)22(13-26)30-21/h3-8,10,20-23,26-28H,9,11,13H2,1-2H3/b25-14+/t20?,21?,22?,23-/m0/s1. The molecule has 1 aliphatic rings. The van der Waals surface area contributed by atoms with Gasteiger partial charge in [-0.05, 0) is 41.7 Å². The largest absolute Gasteiger partial charge is 0.399 e. The number of ether oxygens (including phenoxy) is 1. The van der Waals surface area contributed by atoms with Crippen LogP contribution >= 0.6 is 0 Å². The Kier molecular flexibility index (Phi) is 7.19. The summed E-state index contributed by atoms with van der Waals surface area (Å²) in [5.74, 6) is 0. The zero-order chi connectivity index (χ0) is 21.7. The molecule has 7 heteroatoms. The summed E-state index contributed by atoms with van der Waals surface area (Å²) in [5, 5.41) is 42.9. The van der Waals surface area contributed by atoms with Crippen LogP contribution in [0, 0.1) is 11.3 Å². The van der Waals surface area contributed by atoms with Crippen molar-refractivity contribution in [1.29, 1.82) is 5.26 Å². The van der Waals surface area contributed by atoms with E-state index in [2.05, 4.69) is 11.2 Å². The molecular formula is C23H26N2O5. The van der Waals surface area contributed by atoms with Crippen molar-refractivity contribution in [2.24, 2.45) is 5.16 Å². The van der Waals surface area contributed by atoms with Gasteiger partial charge in [0.1, 0.15) is 19.3 Å². The van der Waals surface area contributed by atoms with Crippen LogP contribution in [0.25, 0.3) is 0 Å². The number of aliphatic hydroxyl groups is 3. The second-order valence-corrected chi connectivity index (χ2v) is 7.40. The van der Waals surface area contributed by atoms with E-state index in [0.717, 1.165) is 28.0 Å². The number of rotatable bonds is 6. The summed E-state index contributed by atoms with van der Waals surface area (Å²) in [6, 6.07) is 15.5. The van der Waals surface area contributed by atoms with E-state index >= 15 is 0 Å². The van der Waals surface area contributed by atoms with Gasteiger partial charge in [-0.2, -0.15) is 5.26 Å². The molecule has 1 aliphatic heterocycles. The van der Waals surface area contributed by atoms with E-state index in [1.54, 1.807) is 12.1 Å². The molecule has 158 valence electrons. The Morgan fingerprint density at radius 1 is 1.23 bits per heavy atom. The fraction of sp³-hybridized carbons (Fsp3) is 0.391. The van der Waals surface area contributed by atoms with Crippen LogP contribution in [-0.2, 0) is 16.0 Å². The third-order valence-electron chi connectivity index (χ3n) is 5.37. The summed E-state index contributed by atoms with van der Waals surface area (Å²) in [6.07, 6.45) is -2.64. The first-order chi connectivity index (χ1) is 14.5. The average molecular weight is 410 g/mol. The number of benzene rings is 2. The van der Waals surface area contributed by atoms with Crippen LogP contribution < -0.4 is 0 Å². The minimum atomic E-state index is -1.12. The predicted octanol–water partition coefficient (Wildman–Crippen LogP) is 2.06. The van der Waals surface area contributed by atoms with Gasteiger partial charge < -0.3 is 24.9 Å². The van der Waals surface area contributed by atoms with E-state index in [1.807, 2.05) is 37.3 Å². The van der Waals surface area contributed by atoms with Crippen molar-refractivity contribution >= 4 is 5.71 Å². The van der Waals surface area contributed by atoms with Crippen LogP contribution in [0.1, 0.15) is 47.3 Å². The van der Waals surface area contributed by atoms with Crippen molar-refractivity contribution in [1.82, 2.24) is 0 Å². The first-order valence-corrected chi connectivity index (χ1v) is 9.79. The molecule has 0 amide bonds. The Morgan fingerprint density at radius 3 is 2.60 bits per heavy atom. The highest BCUT2D eigenvalue weighted by atomic mass is 16.6. The Morgan fingerprint density at radius 2 is 1.97 bits per heavy atom. The first kappa shape index (κ1) is 21.9. The fourth-order valence-electron chi connectivity index (χ4n) is 3.66. The van der Waals surface area contributed by atoms with E-state index in [4.69, 9.17) is 9.57 Å². The molecule has 1 heterocycles. The average Bonchev–Trinajstić information content (AvgIpc) is 2.76. The van der Waals surface area contributed by atoms with Crippen molar-refractivity contribution in [2.75, 3.05) is 13.7 Å². The first-order valence-electron chi connectivity index (χ1n) is 9.79. The normalized spacial score (nSPS) is 24.3. The lowest BCUT2D eigenvalue weighted by molar-refractivity contribution is -0.181. The summed E-state index contributed by atoms with van der Waals surface area (Å²) in [6.45, 7) is 1.49. The molecule has 0 bridgehead atoms. The third-order valence-corrected chi connectivity index (χ3v) is 5.37. The lowest BCUT2D eigenvalue weighted by Gasteiger charge is -2.36. The van der Waals surface area contributed by atoms with E-state index in [9.17, 15) is 20.6 Å². The maximum Gasteiger partial charge on any atom is 0.110 e. The summed E-state index contributed by atoms with van der Waals surface area (Å²) < 4.78 is 5.78. The molecular weight excluding hydrogens is 384 g/mol. The second kappa shape index (κ2) is 9.83. The molecule has 3 unspecified atom stereocenters. The van der Waals surface area contributed by atoms with Gasteiger partial charge in [0.25, 0.3) is 0 Å². The van der Waals surface area contributed by atoms with Gasteiger partial charge in [-0.25, -0.2) is 0 Å². The van der Waals surface area contributed by atoms with Crippen molar-refractivity contribution in [2.45, 2.75) is 44.2 Å². The van der Waals surface area contributed by atoms with Gasteiger partial charge in [0.05, 0.1) is 36.2 Å². The summed E-state index contributed by atoms with van der Waals surface area (Å²) in [7, 11) is 1.51. The SMILES string of the molecule is CO/N=C(\C)c1ccc(Cc2cc(C3CC(O)[C@H](O)C(CO)O3)ccc2C#N)cc1. The lowest BCUT2D eigenvalue weighted by Crippen LogP contribution is -2.47. The Balaban J connectivity index is 1.83. The summed E-state index contributed by atoms with van der Waals surface area (Å²) in [4.78, 5) is 4.81. The predicted molar refractivity (Wildman–Crippen MR) is 111 cm³/mol. The highest BCUT2D eigenvalue weighted by molar-refractivity contribution is 5.98. The molecule has 1 fully saturated rings. The number of nitrogens with zero attached hydrogens (tertiary/aromatic N) is 2. The smallest absolute Gasteiger partial charge is 0.110 e. The monoisotopic (exact) mass is 410 g/mol. The van der Waals surface area contributed by atoms with E-state index in [1.165, 1.54) is 7.11 Å². The van der Waals surface area contributed by atoms with Gasteiger partial charge >= 0.3 is 0 Å². The van der Waals surface area contributed by atoms with Gasteiger partial charge in [0, 0.05) is 6.42 Å². The van der Waals surface area contributed by atoms with Crippen LogP contribution in [0.3, 0.4) is 0 Å². The zero-order valence-electron chi connectivity index (χ0n) is 17.0. The highest BCUT2D eigenvalue weighted by Gasteiger charge is 2.37. The zero-order valence-corrected chi connectivity index (χ0v) is 17.0. The molecule has 3 N–H and O–H groups in total. The van der Waals surface area contributed by atoms with Gasteiger partial charge in [0.15, 0.2) is 0 Å². The number of hydrogen-bond acceptors (Lipinski definition) is 7. The Bertz CT molecular complexity index is 936. The molecule has 7 nitrogen and oxygen atoms in total. The molecule has 0 radical (unpaired) electrons. The third kappa shape index (κ3) is 4.86. The molecule has 0 aliphatic carbocycles. The number of aliphatic hydroxyl groups excluding tert-OH is 3. The number of hydrogen-bond donors (Lipinski definition) is 3. The quantitative estimate of drug-likeness (QED) is 0.496. The minimum Gasteiger partial charge on any atom is -0.399 e. The van der Waals surface area contributed by atoms with Crippen molar-refractivity contribution in [3.8, 4) is 6.07 Å². The van der Waals surface area contributed by atoms with Gasteiger partial charge in [0.2, 0.25) is 0 Å². The maximum absolute atomic E-state index is 10.1. The van der Waals surface area contributed by atoms with Crippen LogP contribution in [0.15, 0.2) is 47.6 Å². The van der Waals surface area contributed by atoms with Crippen molar-refractivity contribution in [3.05, 3.63) is 70.3 Å². The molecule has 0 saturated carbocycles. The molecule has 2 aromatic carbocycles. The molecule has 30 heavy (non-hydrogen) atoms. The second-order valence-electron chi connectivity index (χ2n) is 7.40. The summed E-state index contributed by atoms with van der Waals surface area (Å²) >= 11 is 0. The van der Waals surface area contributed by atoms with Crippen LogP contribution in [0.2, 0.25) is 0 Å². The Hall–Kier alpha value is -2.76. The maximum atomic E-state index is 10.1. The van der Waals surface area contributed by atoms with E-state index in [0.29, 0.717) is 12.0 Å². The molecule has 0 spiro atoms. The van der Waals surface area contributed by atoms with E-state index in [-0.39, 0.29) is 13.0 Å². The van der Waals surface area contributed by atoms with E-state index < -0.39 is 24.4 Å². The highest BCUT2D eigenvalue weighted by Crippen LogP contribution is 2.33. The molecule has 2 aromatic rings. The minimum absolute atomic E-state index is 0.218. The topological polar surface area (TPSA) is 115 Å². The molecule has 1 saturated heterocycles. The molecule has 0 aromatic heterocycles. The fourth-order valence-corrected chi connectivity index (χ4v) is 3.66. The molecule has 3 rings (SSSR count). The van der Waals surface area contributed by atoms with Crippen molar-refractivity contribution in [3.63, 3.8) is 0 Å². The summed E-state index contributed by atoms with van der Waals surface area (Å²) in [5.41, 5.74) is 4.97. The lowest BCUT2D eigenvalue weighted by atomic mass is 9.91. The van der Waals surface area contributed by atoms with Crippen LogP contribution in [0.4, 0.5) is 0 Å². The Labute approximate surface area is 175 Å². The number of nitriles is 1. The van der Waals surface area contributed by atoms with Crippen molar-refractivity contribution < 1.29 is 24.9 Å². The van der Waals surface area contributed by atoms with Gasteiger partial charge in [-0.15, -0.1) is 0 Å². The molecule has 4 atom stereocenters. The number of oxime groups is 1. The van der Waals surface area contributed by atoms with Crippen LogP contribution in [-0.4, -0.2) is 53.1 Å². The van der Waals surface area contributed by atoms with Gasteiger partial charge in [-0.1, -0.05) is 41.6 Å². The van der Waals surface area contributed by atoms with Gasteiger partial charge in [-0.3, -0.25) is 0 Å². The van der Waals surface area contributed by atoms with Crippen LogP contribution in [0.5, 0.6) is 0 Å².